The number of hydrogen-bond donors (Lipinski definition) is 6. The van der Waals surface area contributed by atoms with E-state index in [0.717, 1.165) is 5.56 Å². The molecule has 1 aliphatic rings. The lowest BCUT2D eigenvalue weighted by molar-refractivity contribution is -0.122. The average Bonchev–Trinajstić information content (AvgIpc) is 4.27. The molecule has 8 aromatic rings. The van der Waals surface area contributed by atoms with Crippen molar-refractivity contribution in [3.8, 4) is 43.4 Å². The van der Waals surface area contributed by atoms with Gasteiger partial charge in [0.15, 0.2) is 0 Å². The summed E-state index contributed by atoms with van der Waals surface area (Å²) in [5, 5.41) is 24.3. The Kier molecular flexibility index (Phi) is 16.0. The lowest BCUT2D eigenvalue weighted by Crippen LogP contribution is -2.41. The van der Waals surface area contributed by atoms with Crippen LogP contribution in [-0.4, -0.2) is 92.2 Å². The lowest BCUT2D eigenvalue weighted by atomic mass is 10.0. The number of fused-ring (bicyclic) bond motifs is 14. The highest BCUT2D eigenvalue weighted by Gasteiger charge is 2.33. The van der Waals surface area contributed by atoms with Crippen molar-refractivity contribution in [1.82, 2.24) is 61.5 Å². The summed E-state index contributed by atoms with van der Waals surface area (Å²) in [6.07, 6.45) is -0.871. The number of ether oxygens (including phenoxy) is 2. The van der Waals surface area contributed by atoms with Crippen LogP contribution in [0.1, 0.15) is 106 Å². The van der Waals surface area contributed by atoms with Crippen LogP contribution in [0.15, 0.2) is 64.0 Å². The van der Waals surface area contributed by atoms with Crippen LogP contribution in [0.3, 0.4) is 0 Å². The minimum atomic E-state index is -0.940. The summed E-state index contributed by atoms with van der Waals surface area (Å²) in [5.74, 6) is -2.47. The number of rotatable bonds is 9. The van der Waals surface area contributed by atoms with Gasteiger partial charge < -0.3 is 41.8 Å². The summed E-state index contributed by atoms with van der Waals surface area (Å²) in [6, 6.07) is 10.6. The Hall–Kier alpha value is -6.78. The highest BCUT2D eigenvalue weighted by Crippen LogP contribution is 2.40. The Labute approximate surface area is 447 Å². The molecular weight excluding hydrogens is 1060 g/mol. The number of nitrogens with zero attached hydrogens (tertiary/aromatic N) is 7. The van der Waals surface area contributed by atoms with E-state index < -0.39 is 54.4 Å². The van der Waals surface area contributed by atoms with Crippen LogP contribution in [0.2, 0.25) is 0 Å². The van der Waals surface area contributed by atoms with Gasteiger partial charge in [-0.1, -0.05) is 44.2 Å². The Morgan fingerprint density at radius 3 is 2.15 bits per heavy atom. The third-order valence-electron chi connectivity index (χ3n) is 11.5. The predicted octanol–water partition coefficient (Wildman–Crippen LogP) is 7.55. The maximum absolute atomic E-state index is 14.2. The molecule has 4 unspecified atom stereocenters. The van der Waals surface area contributed by atoms with E-state index in [4.69, 9.17) is 45.1 Å². The summed E-state index contributed by atoms with van der Waals surface area (Å²) in [7, 11) is 4.53. The van der Waals surface area contributed by atoms with Crippen molar-refractivity contribution >= 4 is 103 Å². The zero-order chi connectivity index (χ0) is 52.2. The van der Waals surface area contributed by atoms with Crippen molar-refractivity contribution in [3.63, 3.8) is 0 Å². The average molecular weight is 1110 g/mol. The van der Waals surface area contributed by atoms with E-state index in [-0.39, 0.29) is 41.9 Å². The standard InChI is InChI=1S/C48H47N13O7S6/c1-21(2)34-48-61-37(30(74-48)16-67-5)41(65)51-15-33(63)58-38(39(68-6)23-10-8-7-9-11-23)47-56-29(19-71-47)45-54-27(17-70-45)36-24(12-13-25(52-36)44-57-31(49)20-72-44)43-55-28(18-69-43)40(64)53-26(14-32(62)50-4)46-60-35(22(3)73-46)42(66)59-34/h7-13,17-21,26,34,38-39H,14-16,49H2,1-6H3,(H,50,62)(H,51,65)(H,53,64)(H,58,63)(H,59,66). The minimum Gasteiger partial charge on any atom is -0.383 e. The van der Waals surface area contributed by atoms with Crippen LogP contribution in [0.4, 0.5) is 5.82 Å². The van der Waals surface area contributed by atoms with Gasteiger partial charge in [-0.15, -0.1) is 68.0 Å². The molecule has 10 bridgehead atoms. The van der Waals surface area contributed by atoms with Crippen LogP contribution in [0.5, 0.6) is 0 Å². The monoisotopic (exact) mass is 1110 g/mol. The van der Waals surface area contributed by atoms with Crippen LogP contribution >= 0.6 is 68.0 Å². The van der Waals surface area contributed by atoms with Crippen molar-refractivity contribution in [2.45, 2.75) is 58.0 Å². The number of thiazole rings is 6. The number of nitrogens with one attached hydrogen (secondary N) is 5. The van der Waals surface area contributed by atoms with Crippen molar-refractivity contribution in [2.24, 2.45) is 5.92 Å². The molecule has 4 atom stereocenters. The summed E-state index contributed by atoms with van der Waals surface area (Å²) in [6.45, 7) is 5.15. The molecule has 5 amide bonds. The number of pyridine rings is 1. The molecule has 7 N–H and O–H groups in total. The third-order valence-corrected chi connectivity index (χ3v) is 17.2. The van der Waals surface area contributed by atoms with Gasteiger partial charge in [-0.25, -0.2) is 34.9 Å². The molecule has 0 saturated carbocycles. The van der Waals surface area contributed by atoms with Gasteiger partial charge in [0, 0.05) is 53.2 Å². The second-order valence-corrected chi connectivity index (χ2v) is 22.7. The van der Waals surface area contributed by atoms with Gasteiger partial charge >= 0.3 is 0 Å². The summed E-state index contributed by atoms with van der Waals surface area (Å²) < 4.78 is 11.5. The number of nitrogens with two attached hydrogens (primary N) is 1. The zero-order valence-corrected chi connectivity index (χ0v) is 45.3. The first-order valence-electron chi connectivity index (χ1n) is 22.7. The first-order valence-corrected chi connectivity index (χ1v) is 27.9. The number of hydrogen-bond acceptors (Lipinski definition) is 21. The van der Waals surface area contributed by atoms with Crippen molar-refractivity contribution < 1.29 is 33.4 Å². The van der Waals surface area contributed by atoms with E-state index >= 15 is 0 Å². The molecule has 0 saturated heterocycles. The number of aryl methyl sites for hydroxylation is 1. The Morgan fingerprint density at radius 2 is 1.42 bits per heavy atom. The molecule has 1 aromatic carbocycles. The molecule has 0 fully saturated rings. The largest absolute Gasteiger partial charge is 0.383 e. The number of amides is 5. The molecule has 9 rings (SSSR count). The molecule has 7 aromatic heterocycles. The number of carbonyl (C=O) groups excluding carboxylic acids is 5. The van der Waals surface area contributed by atoms with E-state index in [2.05, 4.69) is 31.6 Å². The fraction of sp³-hybridized carbons (Fsp3) is 0.292. The van der Waals surface area contributed by atoms with Gasteiger partial charge in [-0.3, -0.25) is 24.0 Å². The number of methoxy groups -OCH3 is 2. The molecule has 1 aliphatic heterocycles. The molecule has 26 heteroatoms. The molecule has 20 nitrogen and oxygen atoms in total. The van der Waals surface area contributed by atoms with E-state index in [1.165, 1.54) is 82.2 Å². The molecule has 8 heterocycles. The molecular formula is C48H47N13O7S6. The van der Waals surface area contributed by atoms with Crippen molar-refractivity contribution in [3.05, 3.63) is 111 Å². The Balaban J connectivity index is 1.14. The first kappa shape index (κ1) is 52.1. The van der Waals surface area contributed by atoms with Crippen LogP contribution < -0.4 is 32.3 Å². The van der Waals surface area contributed by atoms with E-state index in [9.17, 15) is 24.0 Å². The second-order valence-electron chi connectivity index (χ2n) is 16.9. The number of carbonyl (C=O) groups is 5. The normalized spacial score (nSPS) is 17.0. The van der Waals surface area contributed by atoms with Gasteiger partial charge in [0.05, 0.1) is 42.2 Å². The fourth-order valence-electron chi connectivity index (χ4n) is 7.85. The van der Waals surface area contributed by atoms with Crippen LogP contribution in [0, 0.1) is 12.8 Å². The first-order chi connectivity index (χ1) is 35.7. The Morgan fingerprint density at radius 1 is 0.703 bits per heavy atom. The predicted molar refractivity (Wildman–Crippen MR) is 286 cm³/mol. The molecule has 0 radical (unpaired) electrons. The van der Waals surface area contributed by atoms with Gasteiger partial charge in [0.25, 0.3) is 17.7 Å². The minimum absolute atomic E-state index is 0.0362. The van der Waals surface area contributed by atoms with Gasteiger partial charge in [-0.05, 0) is 30.5 Å². The maximum Gasteiger partial charge on any atom is 0.271 e. The van der Waals surface area contributed by atoms with E-state index in [1.807, 2.05) is 61.0 Å². The quantitative estimate of drug-likeness (QED) is 0.0814. The lowest BCUT2D eigenvalue weighted by Gasteiger charge is -2.26. The highest BCUT2D eigenvalue weighted by molar-refractivity contribution is 7.15. The summed E-state index contributed by atoms with van der Waals surface area (Å²) in [4.78, 5) is 104. The second kappa shape index (κ2) is 22.8. The third kappa shape index (κ3) is 11.3. The number of anilines is 1. The molecule has 382 valence electrons. The number of benzene rings is 1. The van der Waals surface area contributed by atoms with Gasteiger partial charge in [0.1, 0.15) is 82.2 Å². The van der Waals surface area contributed by atoms with Crippen LogP contribution in [-0.2, 0) is 25.7 Å². The van der Waals surface area contributed by atoms with Crippen LogP contribution in [0.25, 0.3) is 43.4 Å². The van der Waals surface area contributed by atoms with Gasteiger partial charge in [-0.2, -0.15) is 0 Å². The maximum atomic E-state index is 14.2. The fourth-order valence-corrected chi connectivity index (χ4v) is 13.3. The molecule has 0 spiro atoms. The van der Waals surface area contributed by atoms with E-state index in [1.54, 1.807) is 30.9 Å². The summed E-state index contributed by atoms with van der Waals surface area (Å²) >= 11 is 7.59. The van der Waals surface area contributed by atoms with Gasteiger partial charge in [0.2, 0.25) is 11.8 Å². The van der Waals surface area contributed by atoms with Crippen molar-refractivity contribution in [1.29, 1.82) is 0 Å². The topological polar surface area (TPSA) is 280 Å². The smallest absolute Gasteiger partial charge is 0.271 e. The van der Waals surface area contributed by atoms with E-state index in [0.29, 0.717) is 74.0 Å². The molecule has 74 heavy (non-hydrogen) atoms. The highest BCUT2D eigenvalue weighted by atomic mass is 32.1. The number of aromatic nitrogens is 7. The zero-order valence-electron chi connectivity index (χ0n) is 40.4. The summed E-state index contributed by atoms with van der Waals surface area (Å²) in [5.41, 5.74) is 9.63. The van der Waals surface area contributed by atoms with Crippen molar-refractivity contribution in [2.75, 3.05) is 33.5 Å². The SMILES string of the molecule is CNC(=O)CC1NC(=O)c2csc(n2)-c2ccc(-c3nc(N)cs3)nc2-c2csc(n2)-c2csc(n2)C(C(OC)c2ccccc2)NC(=O)CNC(=O)c2nc(sc2COC)C(C(C)C)NC(=O)c2nc1sc2C. The Bertz CT molecular complexity index is 3360. The number of nitrogen functional groups attached to an aromatic ring is 1. The molecule has 0 aliphatic carbocycles.